The molecule has 0 radical (unpaired) electrons. The van der Waals surface area contributed by atoms with Crippen LogP contribution in [0.5, 0.6) is 5.75 Å². The number of hydrogen-bond acceptors (Lipinski definition) is 4. The van der Waals surface area contributed by atoms with Crippen molar-refractivity contribution < 1.29 is 19.1 Å². The smallest absolute Gasteiger partial charge is 0.245 e. The van der Waals surface area contributed by atoms with Crippen LogP contribution in [0.3, 0.4) is 0 Å². The zero-order valence-corrected chi connectivity index (χ0v) is 15.2. The monoisotopic (exact) mass is 356 g/mol. The number of Topliss-reactive ketones (excluding diaryl/α,β-unsaturated/α-hetero) is 1. The van der Waals surface area contributed by atoms with Crippen molar-refractivity contribution in [3.8, 4) is 5.75 Å². The quantitative estimate of drug-likeness (QED) is 0.845. The molecule has 1 aromatic rings. The molecule has 6 nitrogen and oxygen atoms in total. The highest BCUT2D eigenvalue weighted by molar-refractivity contribution is 6.02. The average molecular weight is 356 g/mol. The molecule has 26 heavy (non-hydrogen) atoms. The maximum absolute atomic E-state index is 12.6. The summed E-state index contributed by atoms with van der Waals surface area (Å²) in [4.78, 5) is 38.3. The SMILES string of the molecule is C=CC(=O)N1CCCC(C(=O)Nc2ccc3c(c2)C(=O)CC(C)(C)O3)C1. The summed E-state index contributed by atoms with van der Waals surface area (Å²) in [6, 6.07) is 5.12. The molecule has 3 rings (SSSR count). The number of benzene rings is 1. The van der Waals surface area contributed by atoms with Crippen LogP contribution in [0.2, 0.25) is 0 Å². The molecule has 2 aliphatic heterocycles. The fourth-order valence-electron chi connectivity index (χ4n) is 3.50. The van der Waals surface area contributed by atoms with E-state index in [2.05, 4.69) is 11.9 Å². The lowest BCUT2D eigenvalue weighted by Gasteiger charge is -2.32. The molecule has 0 bridgehead atoms. The van der Waals surface area contributed by atoms with E-state index in [-0.39, 0.29) is 23.5 Å². The number of hydrogen-bond donors (Lipinski definition) is 1. The lowest BCUT2D eigenvalue weighted by atomic mass is 9.92. The van der Waals surface area contributed by atoms with Gasteiger partial charge in [0.2, 0.25) is 11.8 Å². The number of ketones is 1. The molecule has 138 valence electrons. The molecule has 1 N–H and O–H groups in total. The maximum Gasteiger partial charge on any atom is 0.245 e. The lowest BCUT2D eigenvalue weighted by Crippen LogP contribution is -2.43. The first-order valence-corrected chi connectivity index (χ1v) is 8.87. The van der Waals surface area contributed by atoms with E-state index < -0.39 is 5.60 Å². The third-order valence-corrected chi connectivity index (χ3v) is 4.80. The third-order valence-electron chi connectivity index (χ3n) is 4.80. The number of rotatable bonds is 3. The number of nitrogens with one attached hydrogen (secondary N) is 1. The summed E-state index contributed by atoms with van der Waals surface area (Å²) in [5.74, 6) is -0.00957. The van der Waals surface area contributed by atoms with Gasteiger partial charge >= 0.3 is 0 Å². The summed E-state index contributed by atoms with van der Waals surface area (Å²) < 4.78 is 5.83. The topological polar surface area (TPSA) is 75.7 Å². The predicted molar refractivity (Wildman–Crippen MR) is 98.2 cm³/mol. The molecule has 0 aliphatic carbocycles. The molecule has 2 amide bonds. The highest BCUT2D eigenvalue weighted by atomic mass is 16.5. The summed E-state index contributed by atoms with van der Waals surface area (Å²) in [7, 11) is 0. The zero-order valence-electron chi connectivity index (χ0n) is 15.2. The molecule has 1 fully saturated rings. The van der Waals surface area contributed by atoms with Crippen molar-refractivity contribution in [3.05, 3.63) is 36.4 Å². The number of fused-ring (bicyclic) bond motifs is 1. The maximum atomic E-state index is 12.6. The number of carbonyl (C=O) groups is 3. The van der Waals surface area contributed by atoms with Crippen LogP contribution >= 0.6 is 0 Å². The Morgan fingerprint density at radius 2 is 2.15 bits per heavy atom. The van der Waals surface area contributed by atoms with Crippen LogP contribution in [0, 0.1) is 5.92 Å². The van der Waals surface area contributed by atoms with Crippen LogP contribution in [-0.2, 0) is 9.59 Å². The Balaban J connectivity index is 1.70. The average Bonchev–Trinajstić information content (AvgIpc) is 2.61. The van der Waals surface area contributed by atoms with E-state index in [1.54, 1.807) is 23.1 Å². The van der Waals surface area contributed by atoms with E-state index in [9.17, 15) is 14.4 Å². The minimum Gasteiger partial charge on any atom is -0.487 e. The Morgan fingerprint density at radius 1 is 1.38 bits per heavy atom. The van der Waals surface area contributed by atoms with E-state index in [0.29, 0.717) is 36.5 Å². The number of nitrogens with zero attached hydrogens (tertiary/aromatic N) is 1. The van der Waals surface area contributed by atoms with E-state index in [1.165, 1.54) is 6.08 Å². The van der Waals surface area contributed by atoms with Crippen molar-refractivity contribution in [2.75, 3.05) is 18.4 Å². The third kappa shape index (κ3) is 3.79. The molecule has 1 saturated heterocycles. The van der Waals surface area contributed by atoms with Crippen LogP contribution in [0.1, 0.15) is 43.5 Å². The summed E-state index contributed by atoms with van der Waals surface area (Å²) in [5, 5.41) is 2.87. The summed E-state index contributed by atoms with van der Waals surface area (Å²) in [5.41, 5.74) is 0.546. The Labute approximate surface area is 153 Å². The first-order chi connectivity index (χ1) is 12.3. The highest BCUT2D eigenvalue weighted by Gasteiger charge is 2.33. The van der Waals surface area contributed by atoms with Crippen LogP contribution in [0.15, 0.2) is 30.9 Å². The van der Waals surface area contributed by atoms with Gasteiger partial charge in [0.15, 0.2) is 5.78 Å². The molecular weight excluding hydrogens is 332 g/mol. The summed E-state index contributed by atoms with van der Waals surface area (Å²) >= 11 is 0. The Bertz CT molecular complexity index is 769. The predicted octanol–water partition coefficient (Wildman–Crippen LogP) is 2.79. The number of likely N-dealkylation sites (tertiary alicyclic amines) is 1. The molecule has 2 heterocycles. The molecule has 6 heteroatoms. The van der Waals surface area contributed by atoms with Crippen molar-refractivity contribution >= 4 is 23.3 Å². The van der Waals surface area contributed by atoms with E-state index in [1.807, 2.05) is 13.8 Å². The molecule has 2 aliphatic rings. The Kier molecular flexibility index (Phi) is 4.85. The summed E-state index contributed by atoms with van der Waals surface area (Å²) in [6.45, 7) is 8.29. The minimum atomic E-state index is -0.516. The van der Waals surface area contributed by atoms with Gasteiger partial charge in [0.05, 0.1) is 17.9 Å². The van der Waals surface area contributed by atoms with Gasteiger partial charge in [-0.25, -0.2) is 0 Å². The van der Waals surface area contributed by atoms with E-state index >= 15 is 0 Å². The van der Waals surface area contributed by atoms with E-state index in [0.717, 1.165) is 12.8 Å². The number of carbonyl (C=O) groups excluding carboxylic acids is 3. The second kappa shape index (κ2) is 6.94. The van der Waals surface area contributed by atoms with Crippen molar-refractivity contribution in [2.24, 2.45) is 5.92 Å². The largest absolute Gasteiger partial charge is 0.487 e. The Hall–Kier alpha value is -2.63. The van der Waals surface area contributed by atoms with Crippen molar-refractivity contribution in [1.82, 2.24) is 4.90 Å². The normalized spacial score (nSPS) is 21.4. The molecule has 0 spiro atoms. The fraction of sp³-hybridized carbons (Fsp3) is 0.450. The Morgan fingerprint density at radius 3 is 2.88 bits per heavy atom. The van der Waals surface area contributed by atoms with Gasteiger partial charge in [0.1, 0.15) is 11.4 Å². The van der Waals surface area contributed by atoms with Crippen molar-refractivity contribution in [2.45, 2.75) is 38.7 Å². The molecule has 0 aromatic heterocycles. The first kappa shape index (κ1) is 18.2. The van der Waals surface area contributed by atoms with Crippen LogP contribution in [-0.4, -0.2) is 41.2 Å². The lowest BCUT2D eigenvalue weighted by molar-refractivity contribution is -0.130. The number of amides is 2. The van der Waals surface area contributed by atoms with Crippen molar-refractivity contribution in [3.63, 3.8) is 0 Å². The molecule has 1 aromatic carbocycles. The first-order valence-electron chi connectivity index (χ1n) is 8.87. The number of piperidine rings is 1. The van der Waals surface area contributed by atoms with Gasteiger partial charge in [-0.05, 0) is 51.0 Å². The van der Waals surface area contributed by atoms with Gasteiger partial charge in [-0.2, -0.15) is 0 Å². The van der Waals surface area contributed by atoms with Gasteiger partial charge in [0.25, 0.3) is 0 Å². The second-order valence-electron chi connectivity index (χ2n) is 7.49. The molecular formula is C20H24N2O4. The number of ether oxygens (including phenoxy) is 1. The highest BCUT2D eigenvalue weighted by Crippen LogP contribution is 2.34. The summed E-state index contributed by atoms with van der Waals surface area (Å²) in [6.07, 6.45) is 3.09. The van der Waals surface area contributed by atoms with Crippen molar-refractivity contribution in [1.29, 1.82) is 0 Å². The van der Waals surface area contributed by atoms with Gasteiger partial charge in [-0.1, -0.05) is 6.58 Å². The van der Waals surface area contributed by atoms with E-state index in [4.69, 9.17) is 4.74 Å². The minimum absolute atomic E-state index is 0.00719. The molecule has 1 atom stereocenters. The van der Waals surface area contributed by atoms with Crippen LogP contribution in [0.25, 0.3) is 0 Å². The molecule has 0 saturated carbocycles. The van der Waals surface area contributed by atoms with Crippen LogP contribution in [0.4, 0.5) is 5.69 Å². The van der Waals surface area contributed by atoms with Gasteiger partial charge in [0, 0.05) is 18.8 Å². The fourth-order valence-corrected chi connectivity index (χ4v) is 3.50. The second-order valence-corrected chi connectivity index (χ2v) is 7.49. The van der Waals surface area contributed by atoms with Gasteiger partial charge < -0.3 is 15.0 Å². The standard InChI is InChI=1S/C20H24N2O4/c1-4-18(24)22-9-5-6-13(12-22)19(25)21-14-7-8-17-15(10-14)16(23)11-20(2,3)26-17/h4,7-8,10,13H,1,5-6,9,11-12H2,2-3H3,(H,21,25). The van der Waals surface area contributed by atoms with Gasteiger partial charge in [-0.3, -0.25) is 14.4 Å². The number of anilines is 1. The van der Waals surface area contributed by atoms with Crippen LogP contribution < -0.4 is 10.1 Å². The zero-order chi connectivity index (χ0) is 18.9. The van der Waals surface area contributed by atoms with Gasteiger partial charge in [-0.15, -0.1) is 0 Å². The molecule has 1 unspecified atom stereocenters.